The van der Waals surface area contributed by atoms with Gasteiger partial charge in [-0.1, -0.05) is 6.07 Å². The Morgan fingerprint density at radius 2 is 2.35 bits per heavy atom. The van der Waals surface area contributed by atoms with E-state index in [2.05, 4.69) is 36.8 Å². The average molecular weight is 381 g/mol. The van der Waals surface area contributed by atoms with Gasteiger partial charge in [-0.3, -0.25) is 9.89 Å². The number of nitrogens with one attached hydrogen (secondary N) is 3. The van der Waals surface area contributed by atoms with Gasteiger partial charge in [0.25, 0.3) is 5.91 Å². The SMILES string of the molecule is CC(Cc1ccc(F)c(Br)c1)NC(=O)c1n[nH]c2c1CNCC2. The van der Waals surface area contributed by atoms with E-state index in [1.165, 1.54) is 6.07 Å². The summed E-state index contributed by atoms with van der Waals surface area (Å²) in [6.07, 6.45) is 1.48. The fourth-order valence-corrected chi connectivity index (χ4v) is 3.20. The van der Waals surface area contributed by atoms with Crippen molar-refractivity contribution in [2.75, 3.05) is 6.54 Å². The molecule has 0 fully saturated rings. The van der Waals surface area contributed by atoms with Crippen molar-refractivity contribution in [3.05, 3.63) is 51.0 Å². The normalized spacial score (nSPS) is 15.1. The summed E-state index contributed by atoms with van der Waals surface area (Å²) in [7, 11) is 0. The quantitative estimate of drug-likeness (QED) is 0.762. The zero-order valence-corrected chi connectivity index (χ0v) is 14.3. The van der Waals surface area contributed by atoms with Gasteiger partial charge in [0.1, 0.15) is 5.82 Å². The second-order valence-corrected chi connectivity index (χ2v) is 6.64. The molecule has 1 aliphatic rings. The van der Waals surface area contributed by atoms with Gasteiger partial charge in [-0.05, 0) is 47.0 Å². The summed E-state index contributed by atoms with van der Waals surface area (Å²) in [5.41, 5.74) is 3.39. The van der Waals surface area contributed by atoms with Crippen LogP contribution < -0.4 is 10.6 Å². The average Bonchev–Trinajstić information content (AvgIpc) is 2.95. The van der Waals surface area contributed by atoms with E-state index in [0.29, 0.717) is 23.1 Å². The standard InChI is InChI=1S/C16H18BrFN4O/c1-9(6-10-2-3-13(18)12(17)7-10)20-16(23)15-11-8-19-5-4-14(11)21-22-15/h2-3,7,9,19H,4-6,8H2,1H3,(H,20,23)(H,21,22). The molecule has 0 saturated carbocycles. The van der Waals surface area contributed by atoms with Crippen molar-refractivity contribution in [3.8, 4) is 0 Å². The fourth-order valence-electron chi connectivity index (χ4n) is 2.78. The van der Waals surface area contributed by atoms with Crippen molar-refractivity contribution in [2.24, 2.45) is 0 Å². The highest BCUT2D eigenvalue weighted by molar-refractivity contribution is 9.10. The second-order valence-electron chi connectivity index (χ2n) is 5.78. The highest BCUT2D eigenvalue weighted by atomic mass is 79.9. The van der Waals surface area contributed by atoms with Crippen LogP contribution in [0.4, 0.5) is 4.39 Å². The van der Waals surface area contributed by atoms with Crippen LogP contribution in [0, 0.1) is 5.82 Å². The molecule has 23 heavy (non-hydrogen) atoms. The Morgan fingerprint density at radius 1 is 1.52 bits per heavy atom. The van der Waals surface area contributed by atoms with Gasteiger partial charge >= 0.3 is 0 Å². The molecule has 1 aromatic carbocycles. The fraction of sp³-hybridized carbons (Fsp3) is 0.375. The third-order valence-corrected chi connectivity index (χ3v) is 4.53. The van der Waals surface area contributed by atoms with Crippen LogP contribution in [-0.4, -0.2) is 28.7 Å². The molecule has 0 radical (unpaired) electrons. The number of nitrogens with zero attached hydrogens (tertiary/aromatic N) is 1. The Morgan fingerprint density at radius 3 is 3.13 bits per heavy atom. The summed E-state index contributed by atoms with van der Waals surface area (Å²) in [6.45, 7) is 3.48. The molecule has 0 saturated heterocycles. The van der Waals surface area contributed by atoms with Crippen LogP contribution in [0.15, 0.2) is 22.7 Å². The third kappa shape index (κ3) is 3.61. The maximum Gasteiger partial charge on any atom is 0.272 e. The lowest BCUT2D eigenvalue weighted by atomic mass is 10.1. The first kappa shape index (κ1) is 16.1. The van der Waals surface area contributed by atoms with Crippen molar-refractivity contribution in [2.45, 2.75) is 32.4 Å². The first-order valence-corrected chi connectivity index (χ1v) is 8.35. The highest BCUT2D eigenvalue weighted by Crippen LogP contribution is 2.18. The molecule has 3 rings (SSSR count). The van der Waals surface area contributed by atoms with E-state index in [9.17, 15) is 9.18 Å². The van der Waals surface area contributed by atoms with Gasteiger partial charge in [0, 0.05) is 36.8 Å². The molecule has 1 aliphatic heterocycles. The summed E-state index contributed by atoms with van der Waals surface area (Å²) in [4.78, 5) is 12.4. The number of hydrogen-bond acceptors (Lipinski definition) is 3. The Labute approximate surface area is 142 Å². The number of amides is 1. The summed E-state index contributed by atoms with van der Waals surface area (Å²) < 4.78 is 13.7. The number of fused-ring (bicyclic) bond motifs is 1. The van der Waals surface area contributed by atoms with Gasteiger partial charge in [0.2, 0.25) is 0 Å². The van der Waals surface area contributed by atoms with E-state index in [1.807, 2.05) is 6.92 Å². The number of rotatable bonds is 4. The number of carbonyl (C=O) groups is 1. The van der Waals surface area contributed by atoms with Gasteiger partial charge in [0.15, 0.2) is 5.69 Å². The second kappa shape index (κ2) is 6.80. The number of hydrogen-bond donors (Lipinski definition) is 3. The molecule has 2 aromatic rings. The number of carbonyl (C=O) groups excluding carboxylic acids is 1. The van der Waals surface area contributed by atoms with Crippen molar-refractivity contribution in [3.63, 3.8) is 0 Å². The van der Waals surface area contributed by atoms with Gasteiger partial charge in [0.05, 0.1) is 4.47 Å². The van der Waals surface area contributed by atoms with E-state index in [1.54, 1.807) is 12.1 Å². The van der Waals surface area contributed by atoms with E-state index in [0.717, 1.165) is 29.8 Å². The Kier molecular flexibility index (Phi) is 4.77. The van der Waals surface area contributed by atoms with E-state index >= 15 is 0 Å². The Hall–Kier alpha value is -1.73. The zero-order valence-electron chi connectivity index (χ0n) is 12.7. The summed E-state index contributed by atoms with van der Waals surface area (Å²) in [5.74, 6) is -0.471. The molecule has 0 bridgehead atoms. The number of benzene rings is 1. The summed E-state index contributed by atoms with van der Waals surface area (Å²) >= 11 is 3.18. The Balaban J connectivity index is 1.65. The first-order chi connectivity index (χ1) is 11.0. The van der Waals surface area contributed by atoms with Crippen molar-refractivity contribution in [1.82, 2.24) is 20.8 Å². The van der Waals surface area contributed by atoms with Crippen LogP contribution in [0.5, 0.6) is 0 Å². The van der Waals surface area contributed by atoms with Crippen molar-refractivity contribution < 1.29 is 9.18 Å². The van der Waals surface area contributed by atoms with E-state index < -0.39 is 0 Å². The molecule has 3 N–H and O–H groups in total. The van der Waals surface area contributed by atoms with Crippen LogP contribution in [0.2, 0.25) is 0 Å². The van der Waals surface area contributed by atoms with Crippen LogP contribution in [0.3, 0.4) is 0 Å². The van der Waals surface area contributed by atoms with Crippen LogP contribution in [0.25, 0.3) is 0 Å². The lowest BCUT2D eigenvalue weighted by Crippen LogP contribution is -2.35. The molecule has 2 heterocycles. The minimum absolute atomic E-state index is 0.0799. The van der Waals surface area contributed by atoms with Crippen LogP contribution in [0.1, 0.15) is 34.2 Å². The predicted molar refractivity (Wildman–Crippen MR) is 88.7 cm³/mol. The molecule has 0 spiro atoms. The van der Waals surface area contributed by atoms with Gasteiger partial charge in [-0.15, -0.1) is 0 Å². The monoisotopic (exact) mass is 380 g/mol. The highest BCUT2D eigenvalue weighted by Gasteiger charge is 2.22. The Bertz CT molecular complexity index is 731. The number of H-pyrrole nitrogens is 1. The van der Waals surface area contributed by atoms with Gasteiger partial charge < -0.3 is 10.6 Å². The molecule has 7 heteroatoms. The number of aromatic amines is 1. The molecule has 122 valence electrons. The summed E-state index contributed by atoms with van der Waals surface area (Å²) in [5, 5.41) is 13.3. The summed E-state index contributed by atoms with van der Waals surface area (Å²) in [6, 6.07) is 4.80. The van der Waals surface area contributed by atoms with E-state index in [4.69, 9.17) is 0 Å². The number of halogens is 2. The zero-order chi connectivity index (χ0) is 16.4. The maximum atomic E-state index is 13.3. The maximum absolute atomic E-state index is 13.3. The molecular weight excluding hydrogens is 363 g/mol. The number of aromatic nitrogens is 2. The smallest absolute Gasteiger partial charge is 0.272 e. The van der Waals surface area contributed by atoms with Crippen molar-refractivity contribution >= 4 is 21.8 Å². The van der Waals surface area contributed by atoms with Gasteiger partial charge in [-0.2, -0.15) is 5.10 Å². The topological polar surface area (TPSA) is 69.8 Å². The minimum Gasteiger partial charge on any atom is -0.348 e. The van der Waals surface area contributed by atoms with Crippen molar-refractivity contribution in [1.29, 1.82) is 0 Å². The minimum atomic E-state index is -0.291. The van der Waals surface area contributed by atoms with Gasteiger partial charge in [-0.25, -0.2) is 4.39 Å². The first-order valence-electron chi connectivity index (χ1n) is 7.56. The molecule has 1 aromatic heterocycles. The molecule has 1 amide bonds. The molecular formula is C16H18BrFN4O. The molecule has 0 aliphatic carbocycles. The molecule has 1 unspecified atom stereocenters. The van der Waals surface area contributed by atoms with E-state index in [-0.39, 0.29) is 17.8 Å². The predicted octanol–water partition coefficient (Wildman–Crippen LogP) is 2.32. The third-order valence-electron chi connectivity index (χ3n) is 3.92. The lowest BCUT2D eigenvalue weighted by molar-refractivity contribution is 0.0934. The lowest BCUT2D eigenvalue weighted by Gasteiger charge is -2.16. The van der Waals surface area contributed by atoms with Crippen LogP contribution in [-0.2, 0) is 19.4 Å². The van der Waals surface area contributed by atoms with Crippen LogP contribution >= 0.6 is 15.9 Å². The largest absolute Gasteiger partial charge is 0.348 e. The molecule has 1 atom stereocenters. The molecule has 5 nitrogen and oxygen atoms in total.